The van der Waals surface area contributed by atoms with Gasteiger partial charge in [-0.2, -0.15) is 0 Å². The minimum absolute atomic E-state index is 0.101. The highest BCUT2D eigenvalue weighted by molar-refractivity contribution is 5.89. The van der Waals surface area contributed by atoms with Gasteiger partial charge in [0.1, 0.15) is 6.04 Å². The second kappa shape index (κ2) is 3.51. The Labute approximate surface area is 89.0 Å². The summed E-state index contributed by atoms with van der Waals surface area (Å²) in [6.45, 7) is 2.08. The van der Waals surface area contributed by atoms with E-state index < -0.39 is 12.0 Å². The van der Waals surface area contributed by atoms with Gasteiger partial charge in [-0.05, 0) is 12.3 Å². The summed E-state index contributed by atoms with van der Waals surface area (Å²) in [5, 5.41) is 11.8. The molecule has 1 aliphatic carbocycles. The molecule has 1 spiro atoms. The van der Waals surface area contributed by atoms with Gasteiger partial charge in [0.25, 0.3) is 0 Å². The highest BCUT2D eigenvalue weighted by atomic mass is 16.4. The van der Waals surface area contributed by atoms with Crippen molar-refractivity contribution in [2.45, 2.75) is 45.1 Å². The number of carboxylic acid groups (broad SMARTS) is 1. The Hall–Kier alpha value is -1.06. The van der Waals surface area contributed by atoms with Crippen LogP contribution in [0.15, 0.2) is 0 Å². The fourth-order valence-electron chi connectivity index (χ4n) is 3.19. The minimum atomic E-state index is -0.880. The summed E-state index contributed by atoms with van der Waals surface area (Å²) in [4.78, 5) is 22.6. The molecule has 2 rings (SSSR count). The van der Waals surface area contributed by atoms with E-state index in [0.717, 1.165) is 25.7 Å². The Bertz CT molecular complexity index is 302. The maximum Gasteiger partial charge on any atom is 0.326 e. The molecule has 3 atom stereocenters. The number of rotatable bonds is 1. The molecule has 1 saturated carbocycles. The first-order chi connectivity index (χ1) is 7.06. The topological polar surface area (TPSA) is 66.4 Å². The SMILES string of the molecule is CC1CCCCC12CC(=O)NC2C(=O)O. The van der Waals surface area contributed by atoms with E-state index in [0.29, 0.717) is 12.3 Å². The predicted molar refractivity (Wildman–Crippen MR) is 54.2 cm³/mol. The number of amides is 1. The van der Waals surface area contributed by atoms with Crippen LogP contribution in [0.5, 0.6) is 0 Å². The van der Waals surface area contributed by atoms with Crippen LogP contribution in [0.25, 0.3) is 0 Å². The van der Waals surface area contributed by atoms with E-state index in [4.69, 9.17) is 5.11 Å². The molecule has 1 aliphatic heterocycles. The van der Waals surface area contributed by atoms with Crippen molar-refractivity contribution in [2.75, 3.05) is 0 Å². The number of hydrogen-bond donors (Lipinski definition) is 2. The number of carbonyl (C=O) groups excluding carboxylic acids is 1. The van der Waals surface area contributed by atoms with Gasteiger partial charge in [0.15, 0.2) is 0 Å². The Kier molecular flexibility index (Phi) is 2.44. The lowest BCUT2D eigenvalue weighted by atomic mass is 9.63. The molecule has 2 aliphatic rings. The van der Waals surface area contributed by atoms with Gasteiger partial charge < -0.3 is 10.4 Å². The summed E-state index contributed by atoms with van der Waals surface area (Å²) in [7, 11) is 0. The van der Waals surface area contributed by atoms with Gasteiger partial charge in [-0.15, -0.1) is 0 Å². The Morgan fingerprint density at radius 3 is 2.87 bits per heavy atom. The summed E-state index contributed by atoms with van der Waals surface area (Å²) >= 11 is 0. The summed E-state index contributed by atoms with van der Waals surface area (Å²) in [6.07, 6.45) is 4.50. The maximum atomic E-state index is 11.4. The Morgan fingerprint density at radius 1 is 1.53 bits per heavy atom. The summed E-state index contributed by atoms with van der Waals surface area (Å²) < 4.78 is 0. The zero-order chi connectivity index (χ0) is 11.1. The van der Waals surface area contributed by atoms with Crippen molar-refractivity contribution in [1.82, 2.24) is 5.32 Å². The molecule has 3 unspecified atom stereocenters. The molecule has 1 saturated heterocycles. The van der Waals surface area contributed by atoms with E-state index in [9.17, 15) is 9.59 Å². The first kappa shape index (κ1) is 10.5. The third-order valence-electron chi connectivity index (χ3n) is 4.13. The third-order valence-corrected chi connectivity index (χ3v) is 4.13. The zero-order valence-corrected chi connectivity index (χ0v) is 8.95. The molecule has 0 aromatic heterocycles. The lowest BCUT2D eigenvalue weighted by molar-refractivity contribution is -0.144. The molecule has 1 amide bonds. The van der Waals surface area contributed by atoms with E-state index in [-0.39, 0.29) is 11.3 Å². The minimum Gasteiger partial charge on any atom is -0.480 e. The van der Waals surface area contributed by atoms with E-state index in [2.05, 4.69) is 12.2 Å². The van der Waals surface area contributed by atoms with Crippen LogP contribution in [0.2, 0.25) is 0 Å². The van der Waals surface area contributed by atoms with Gasteiger partial charge in [0, 0.05) is 11.8 Å². The van der Waals surface area contributed by atoms with Crippen molar-refractivity contribution in [3.63, 3.8) is 0 Å². The molecule has 84 valence electrons. The van der Waals surface area contributed by atoms with E-state index in [1.165, 1.54) is 0 Å². The van der Waals surface area contributed by atoms with Crippen LogP contribution >= 0.6 is 0 Å². The molecule has 2 fully saturated rings. The van der Waals surface area contributed by atoms with Crippen molar-refractivity contribution in [1.29, 1.82) is 0 Å². The second-order valence-corrected chi connectivity index (χ2v) is 4.90. The molecular weight excluding hydrogens is 194 g/mol. The van der Waals surface area contributed by atoms with Crippen molar-refractivity contribution in [3.8, 4) is 0 Å². The van der Waals surface area contributed by atoms with Crippen LogP contribution in [0.1, 0.15) is 39.0 Å². The smallest absolute Gasteiger partial charge is 0.326 e. The Morgan fingerprint density at radius 2 is 2.27 bits per heavy atom. The third kappa shape index (κ3) is 1.52. The van der Waals surface area contributed by atoms with Gasteiger partial charge in [-0.25, -0.2) is 4.79 Å². The van der Waals surface area contributed by atoms with E-state index >= 15 is 0 Å². The average Bonchev–Trinajstić information content (AvgIpc) is 2.50. The number of aliphatic carboxylic acids is 1. The number of carbonyl (C=O) groups is 2. The average molecular weight is 211 g/mol. The van der Waals surface area contributed by atoms with Crippen molar-refractivity contribution >= 4 is 11.9 Å². The van der Waals surface area contributed by atoms with Gasteiger partial charge in [0.05, 0.1) is 0 Å². The normalized spacial score (nSPS) is 40.5. The van der Waals surface area contributed by atoms with Gasteiger partial charge in [-0.3, -0.25) is 4.79 Å². The van der Waals surface area contributed by atoms with Crippen molar-refractivity contribution in [2.24, 2.45) is 11.3 Å². The Balaban J connectivity index is 2.30. The quantitative estimate of drug-likeness (QED) is 0.684. The molecule has 0 bridgehead atoms. The lowest BCUT2D eigenvalue weighted by Gasteiger charge is -2.41. The van der Waals surface area contributed by atoms with Crippen LogP contribution in [0, 0.1) is 11.3 Å². The molecule has 0 radical (unpaired) electrons. The monoisotopic (exact) mass is 211 g/mol. The maximum absolute atomic E-state index is 11.4. The number of nitrogens with one attached hydrogen (secondary N) is 1. The van der Waals surface area contributed by atoms with E-state index in [1.54, 1.807) is 0 Å². The van der Waals surface area contributed by atoms with Crippen LogP contribution in [-0.2, 0) is 9.59 Å². The molecule has 0 aromatic carbocycles. The first-order valence-electron chi connectivity index (χ1n) is 5.58. The zero-order valence-electron chi connectivity index (χ0n) is 8.95. The van der Waals surface area contributed by atoms with Gasteiger partial charge >= 0.3 is 5.97 Å². The van der Waals surface area contributed by atoms with Crippen LogP contribution < -0.4 is 5.32 Å². The first-order valence-corrected chi connectivity index (χ1v) is 5.58. The predicted octanol–water partition coefficient (Wildman–Crippen LogP) is 1.16. The molecule has 0 aromatic rings. The molecule has 15 heavy (non-hydrogen) atoms. The molecule has 4 heteroatoms. The molecule has 2 N–H and O–H groups in total. The summed E-state index contributed by atoms with van der Waals surface area (Å²) in [5.41, 5.74) is -0.318. The second-order valence-electron chi connectivity index (χ2n) is 4.90. The number of carboxylic acids is 1. The summed E-state index contributed by atoms with van der Waals surface area (Å²) in [5.74, 6) is -0.656. The molecular formula is C11H17NO3. The molecule has 1 heterocycles. The largest absolute Gasteiger partial charge is 0.480 e. The van der Waals surface area contributed by atoms with Gasteiger partial charge in [-0.1, -0.05) is 26.2 Å². The number of hydrogen-bond acceptors (Lipinski definition) is 2. The van der Waals surface area contributed by atoms with Crippen molar-refractivity contribution in [3.05, 3.63) is 0 Å². The highest BCUT2D eigenvalue weighted by Gasteiger charge is 2.54. The van der Waals surface area contributed by atoms with Crippen molar-refractivity contribution < 1.29 is 14.7 Å². The summed E-state index contributed by atoms with van der Waals surface area (Å²) in [6, 6.07) is -0.666. The van der Waals surface area contributed by atoms with Crippen LogP contribution in [0.3, 0.4) is 0 Å². The van der Waals surface area contributed by atoms with Crippen LogP contribution in [-0.4, -0.2) is 23.0 Å². The lowest BCUT2D eigenvalue weighted by Crippen LogP contribution is -2.48. The standard InChI is InChI=1S/C11H17NO3/c1-7-4-2-3-5-11(7)6-8(13)12-9(11)10(14)15/h7,9H,2-6H2,1H3,(H,12,13)(H,14,15). The molecule has 4 nitrogen and oxygen atoms in total. The highest BCUT2D eigenvalue weighted by Crippen LogP contribution is 2.49. The van der Waals surface area contributed by atoms with Crippen LogP contribution in [0.4, 0.5) is 0 Å². The van der Waals surface area contributed by atoms with Gasteiger partial charge in [0.2, 0.25) is 5.91 Å². The van der Waals surface area contributed by atoms with E-state index in [1.807, 2.05) is 0 Å². The fourth-order valence-corrected chi connectivity index (χ4v) is 3.19. The fraction of sp³-hybridized carbons (Fsp3) is 0.818.